The summed E-state index contributed by atoms with van der Waals surface area (Å²) < 4.78 is 79.3. The summed E-state index contributed by atoms with van der Waals surface area (Å²) >= 11 is 0. The molecule has 0 saturated carbocycles. The normalized spacial score (nSPS) is 13.3. The molecule has 0 saturated heterocycles. The maximum atomic E-state index is 13.8. The Bertz CT molecular complexity index is 1790. The lowest BCUT2D eigenvalue weighted by molar-refractivity contribution is -0.141. The van der Waals surface area contributed by atoms with Crippen molar-refractivity contribution in [3.63, 3.8) is 0 Å². The van der Waals surface area contributed by atoms with Crippen LogP contribution in [0.3, 0.4) is 0 Å². The van der Waals surface area contributed by atoms with Crippen LogP contribution >= 0.6 is 0 Å². The molecule has 3 aromatic carbocycles. The zero-order chi connectivity index (χ0) is 28.1. The molecule has 0 bridgehead atoms. The molecule has 1 aliphatic heterocycles. The second kappa shape index (κ2) is 9.33. The summed E-state index contributed by atoms with van der Waals surface area (Å²) in [4.78, 5) is 14.8. The van der Waals surface area contributed by atoms with Gasteiger partial charge in [-0.1, -0.05) is 24.3 Å². The van der Waals surface area contributed by atoms with Crippen molar-refractivity contribution in [3.8, 4) is 22.9 Å². The number of halogens is 4. The first-order valence-corrected chi connectivity index (χ1v) is 12.9. The van der Waals surface area contributed by atoms with Crippen molar-refractivity contribution in [1.29, 1.82) is 5.26 Å². The first kappa shape index (κ1) is 26.1. The van der Waals surface area contributed by atoms with Crippen LogP contribution in [0.25, 0.3) is 16.8 Å². The van der Waals surface area contributed by atoms with Crippen LogP contribution in [0.4, 0.5) is 23.2 Å². The van der Waals surface area contributed by atoms with Crippen molar-refractivity contribution in [3.05, 3.63) is 95.1 Å². The number of alkyl halides is 3. The largest absolute Gasteiger partial charge is 0.435 e. The van der Waals surface area contributed by atoms with Crippen molar-refractivity contribution in [2.45, 2.75) is 17.5 Å². The first-order chi connectivity index (χ1) is 18.4. The summed E-state index contributed by atoms with van der Waals surface area (Å²) in [5.74, 6) is -1.66. The number of carbonyl (C=O) groups excluding carboxylic acids is 1. The van der Waals surface area contributed by atoms with Crippen LogP contribution < -0.4 is 10.0 Å². The number of primary sulfonamides is 1. The van der Waals surface area contributed by atoms with Gasteiger partial charge in [-0.3, -0.25) is 4.79 Å². The highest BCUT2D eigenvalue weighted by atomic mass is 32.2. The molecule has 13 heteroatoms. The molecule has 0 aliphatic carbocycles. The summed E-state index contributed by atoms with van der Waals surface area (Å²) in [5.41, 5.74) is -0.291. The Morgan fingerprint density at radius 2 is 1.79 bits per heavy atom. The number of sulfonamides is 1. The van der Waals surface area contributed by atoms with Crippen molar-refractivity contribution < 1.29 is 30.8 Å². The Morgan fingerprint density at radius 3 is 2.49 bits per heavy atom. The zero-order valence-corrected chi connectivity index (χ0v) is 20.6. The second-order valence-electron chi connectivity index (χ2n) is 8.69. The molecule has 1 aromatic heterocycles. The number of rotatable bonds is 4. The highest BCUT2D eigenvalue weighted by molar-refractivity contribution is 7.89. The fraction of sp³-hybridized carbons (Fsp3) is 0.115. The van der Waals surface area contributed by atoms with E-state index in [1.165, 1.54) is 17.0 Å². The molecular weight excluding hydrogens is 538 g/mol. The standard InChI is InChI=1S/C26H17F4N5O3S/c27-20-7-6-18(12-17(20)14-31)35-22(13-24(33-35)26(28,29)30)25(36)34-10-9-16-11-15(5-8-21(16)34)19-3-1-2-4-23(19)39(32,37)38/h1-8,11-13H,9-10H2,(H2,32,37,38). The molecule has 1 aliphatic rings. The summed E-state index contributed by atoms with van der Waals surface area (Å²) in [6.45, 7) is 0.133. The van der Waals surface area contributed by atoms with Gasteiger partial charge in [0.05, 0.1) is 16.1 Å². The lowest BCUT2D eigenvalue weighted by Gasteiger charge is -2.18. The molecular formula is C26H17F4N5O3S. The minimum atomic E-state index is -4.87. The number of nitriles is 1. The molecule has 1 amide bonds. The van der Waals surface area contributed by atoms with Crippen LogP contribution in [-0.4, -0.2) is 30.7 Å². The van der Waals surface area contributed by atoms with Gasteiger partial charge in [0.1, 0.15) is 17.6 Å². The first-order valence-electron chi connectivity index (χ1n) is 11.3. The molecule has 0 spiro atoms. The van der Waals surface area contributed by atoms with Crippen molar-refractivity contribution >= 4 is 21.6 Å². The molecule has 0 fully saturated rings. The van der Waals surface area contributed by atoms with E-state index >= 15 is 0 Å². The molecule has 39 heavy (non-hydrogen) atoms. The lowest BCUT2D eigenvalue weighted by atomic mass is 10.0. The Morgan fingerprint density at radius 1 is 1.05 bits per heavy atom. The number of aromatic nitrogens is 2. The highest BCUT2D eigenvalue weighted by Gasteiger charge is 2.38. The van der Waals surface area contributed by atoms with Gasteiger partial charge in [0.15, 0.2) is 5.69 Å². The summed E-state index contributed by atoms with van der Waals surface area (Å²) in [7, 11) is -4.01. The van der Waals surface area contributed by atoms with Crippen LogP contribution in [-0.2, 0) is 22.6 Å². The maximum Gasteiger partial charge on any atom is 0.435 e. The average molecular weight is 556 g/mol. The number of hydrogen-bond donors (Lipinski definition) is 1. The quantitative estimate of drug-likeness (QED) is 0.374. The smallest absolute Gasteiger partial charge is 0.306 e. The van der Waals surface area contributed by atoms with Crippen LogP contribution in [0.1, 0.15) is 27.3 Å². The van der Waals surface area contributed by atoms with Gasteiger partial charge < -0.3 is 4.90 Å². The summed E-state index contributed by atoms with van der Waals surface area (Å²) in [6, 6.07) is 16.3. The van der Waals surface area contributed by atoms with Gasteiger partial charge in [-0.25, -0.2) is 22.6 Å². The fourth-order valence-corrected chi connectivity index (χ4v) is 5.23. The van der Waals surface area contributed by atoms with Gasteiger partial charge in [0.25, 0.3) is 5.91 Å². The molecule has 198 valence electrons. The fourth-order valence-electron chi connectivity index (χ4n) is 4.47. The number of nitrogens with two attached hydrogens (primary N) is 1. The molecule has 0 atom stereocenters. The van der Waals surface area contributed by atoms with Gasteiger partial charge in [-0.2, -0.15) is 23.5 Å². The van der Waals surface area contributed by atoms with E-state index < -0.39 is 44.9 Å². The Labute approximate surface area is 219 Å². The van der Waals surface area contributed by atoms with Gasteiger partial charge >= 0.3 is 6.18 Å². The Balaban J connectivity index is 1.56. The number of anilines is 1. The van der Waals surface area contributed by atoms with E-state index in [2.05, 4.69) is 5.10 Å². The van der Waals surface area contributed by atoms with E-state index in [1.54, 1.807) is 36.4 Å². The Kier molecular flexibility index (Phi) is 6.24. The monoisotopic (exact) mass is 555 g/mol. The van der Waals surface area contributed by atoms with Crippen LogP contribution in [0.5, 0.6) is 0 Å². The predicted octanol–water partition coefficient (Wildman–Crippen LogP) is 4.42. The van der Waals surface area contributed by atoms with E-state index in [-0.39, 0.29) is 17.1 Å². The zero-order valence-electron chi connectivity index (χ0n) is 19.8. The van der Waals surface area contributed by atoms with Crippen molar-refractivity contribution in [2.75, 3.05) is 11.4 Å². The van der Waals surface area contributed by atoms with Crippen LogP contribution in [0.15, 0.2) is 71.6 Å². The summed E-state index contributed by atoms with van der Waals surface area (Å²) in [6.07, 6.45) is -4.52. The van der Waals surface area contributed by atoms with E-state index in [0.29, 0.717) is 34.9 Å². The average Bonchev–Trinajstić information content (AvgIpc) is 3.53. The number of benzene rings is 3. The number of fused-ring (bicyclic) bond motifs is 1. The third-order valence-electron chi connectivity index (χ3n) is 6.26. The maximum absolute atomic E-state index is 13.8. The lowest BCUT2D eigenvalue weighted by Crippen LogP contribution is -2.30. The third kappa shape index (κ3) is 4.75. The molecule has 0 radical (unpaired) electrons. The molecule has 4 aromatic rings. The molecule has 2 heterocycles. The summed E-state index contributed by atoms with van der Waals surface area (Å²) in [5, 5.41) is 18.0. The molecule has 8 nitrogen and oxygen atoms in total. The number of carbonyl (C=O) groups is 1. The van der Waals surface area contributed by atoms with E-state index in [1.807, 2.05) is 0 Å². The number of nitrogens with zero attached hydrogens (tertiary/aromatic N) is 4. The topological polar surface area (TPSA) is 122 Å². The minimum absolute atomic E-state index is 0.0736. The van der Waals surface area contributed by atoms with Crippen LogP contribution in [0.2, 0.25) is 0 Å². The van der Waals surface area contributed by atoms with Gasteiger partial charge in [-0.05, 0) is 53.9 Å². The minimum Gasteiger partial charge on any atom is -0.306 e. The molecule has 0 unspecified atom stereocenters. The van der Waals surface area contributed by atoms with Crippen molar-refractivity contribution in [2.24, 2.45) is 5.14 Å². The van der Waals surface area contributed by atoms with E-state index in [0.717, 1.165) is 22.9 Å². The van der Waals surface area contributed by atoms with Gasteiger partial charge in [-0.15, -0.1) is 0 Å². The molecule has 5 rings (SSSR count). The van der Waals surface area contributed by atoms with Crippen LogP contribution in [0, 0.1) is 17.1 Å². The van der Waals surface area contributed by atoms with Gasteiger partial charge in [0, 0.05) is 23.9 Å². The highest BCUT2D eigenvalue weighted by Crippen LogP contribution is 2.36. The van der Waals surface area contributed by atoms with Crippen molar-refractivity contribution in [1.82, 2.24) is 9.78 Å². The van der Waals surface area contributed by atoms with E-state index in [9.17, 15) is 30.8 Å². The third-order valence-corrected chi connectivity index (χ3v) is 7.23. The number of hydrogen-bond acceptors (Lipinski definition) is 5. The van der Waals surface area contributed by atoms with Gasteiger partial charge in [0.2, 0.25) is 10.0 Å². The second-order valence-corrected chi connectivity index (χ2v) is 10.2. The number of amides is 1. The Hall–Kier alpha value is -4.54. The molecule has 2 N–H and O–H groups in total. The SMILES string of the molecule is N#Cc1cc(-n2nc(C(F)(F)F)cc2C(=O)N2CCc3cc(-c4ccccc4S(N)(=O)=O)ccc32)ccc1F. The van der Waals surface area contributed by atoms with E-state index in [4.69, 9.17) is 10.4 Å². The predicted molar refractivity (Wildman–Crippen MR) is 132 cm³/mol.